The number of pyridine rings is 1. The highest BCUT2D eigenvalue weighted by atomic mass is 19.4. The fraction of sp³-hybridized carbons (Fsp3) is 0.500. The monoisotopic (exact) mass is 431 g/mol. The van der Waals surface area contributed by atoms with Crippen LogP contribution in [0.3, 0.4) is 0 Å². The van der Waals surface area contributed by atoms with Crippen molar-refractivity contribution in [2.75, 3.05) is 13.1 Å². The van der Waals surface area contributed by atoms with Gasteiger partial charge in [-0.15, -0.1) is 0 Å². The Morgan fingerprint density at radius 2 is 1.84 bits per heavy atom. The molecule has 1 saturated heterocycles. The number of nitrogens with zero attached hydrogens (tertiary/aromatic N) is 3. The number of hydrogen-bond donors (Lipinski definition) is 0. The van der Waals surface area contributed by atoms with Gasteiger partial charge in [-0.05, 0) is 68.5 Å². The molecule has 0 unspecified atom stereocenters. The topological polar surface area (TPSA) is 36.4 Å². The zero-order valence-electron chi connectivity index (χ0n) is 17.5. The minimum absolute atomic E-state index is 0.199. The van der Waals surface area contributed by atoms with Gasteiger partial charge >= 0.3 is 6.18 Å². The molecule has 1 aromatic heterocycles. The predicted octanol–water partition coefficient (Wildman–Crippen LogP) is 4.89. The summed E-state index contributed by atoms with van der Waals surface area (Å²) < 4.78 is 38.8. The Morgan fingerprint density at radius 3 is 2.48 bits per heavy atom. The van der Waals surface area contributed by atoms with Crippen molar-refractivity contribution in [1.29, 1.82) is 0 Å². The number of benzene rings is 1. The van der Waals surface area contributed by atoms with Crippen LogP contribution >= 0.6 is 0 Å². The fourth-order valence-corrected chi connectivity index (χ4v) is 4.29. The van der Waals surface area contributed by atoms with Crippen LogP contribution in [0.2, 0.25) is 0 Å². The van der Waals surface area contributed by atoms with Gasteiger partial charge in [0, 0.05) is 25.2 Å². The Morgan fingerprint density at radius 1 is 1.06 bits per heavy atom. The number of rotatable bonds is 7. The largest absolute Gasteiger partial charge is 0.416 e. The summed E-state index contributed by atoms with van der Waals surface area (Å²) in [5.74, 6) is 0.528. The summed E-state index contributed by atoms with van der Waals surface area (Å²) in [5.41, 5.74) is 0.997. The summed E-state index contributed by atoms with van der Waals surface area (Å²) in [6, 6.07) is 11.7. The summed E-state index contributed by atoms with van der Waals surface area (Å²) in [4.78, 5) is 21.5. The Bertz CT molecular complexity index is 875. The maximum Gasteiger partial charge on any atom is 0.416 e. The molecule has 2 heterocycles. The molecule has 2 aromatic rings. The van der Waals surface area contributed by atoms with Crippen LogP contribution in [0.1, 0.15) is 48.9 Å². The van der Waals surface area contributed by atoms with Gasteiger partial charge in [-0.2, -0.15) is 13.2 Å². The summed E-state index contributed by atoms with van der Waals surface area (Å²) in [5, 5.41) is 0. The molecule has 2 aliphatic rings. The lowest BCUT2D eigenvalue weighted by Crippen LogP contribution is -2.38. The molecule has 1 saturated carbocycles. The number of hydrogen-bond acceptors (Lipinski definition) is 3. The van der Waals surface area contributed by atoms with E-state index in [-0.39, 0.29) is 5.91 Å². The van der Waals surface area contributed by atoms with E-state index in [1.165, 1.54) is 12.1 Å². The van der Waals surface area contributed by atoms with Crippen molar-refractivity contribution < 1.29 is 18.0 Å². The van der Waals surface area contributed by atoms with Crippen molar-refractivity contribution in [3.63, 3.8) is 0 Å². The maximum absolute atomic E-state index is 13.0. The standard InChI is InChI=1S/C24H28F3N3O/c25-24(26,27)20-5-3-4-19(14-20)16-29-12-9-18(10-13-29)15-23(31)30(22-7-8-22)17-21-6-1-2-11-28-21/h1-6,11,14,18,22H,7-10,12-13,15-17H2. The molecule has 0 radical (unpaired) electrons. The maximum atomic E-state index is 13.0. The quantitative estimate of drug-likeness (QED) is 0.626. The Labute approximate surface area is 181 Å². The molecule has 0 bridgehead atoms. The minimum atomic E-state index is -4.31. The van der Waals surface area contributed by atoms with Gasteiger partial charge in [0.05, 0.1) is 17.8 Å². The first kappa shape index (κ1) is 21.8. The third-order valence-corrected chi connectivity index (χ3v) is 6.20. The van der Waals surface area contributed by atoms with Crippen LogP contribution in [-0.4, -0.2) is 39.8 Å². The first-order chi connectivity index (χ1) is 14.9. The van der Waals surface area contributed by atoms with E-state index in [0.29, 0.717) is 37.0 Å². The van der Waals surface area contributed by atoms with E-state index in [0.717, 1.165) is 50.5 Å². The molecule has 1 aromatic carbocycles. The van der Waals surface area contributed by atoms with Crippen LogP contribution in [-0.2, 0) is 24.1 Å². The SMILES string of the molecule is O=C(CC1CCN(Cc2cccc(C(F)(F)F)c2)CC1)N(Cc1ccccn1)C1CC1. The van der Waals surface area contributed by atoms with E-state index in [4.69, 9.17) is 0 Å². The summed E-state index contributed by atoms with van der Waals surface area (Å²) in [6.45, 7) is 2.69. The van der Waals surface area contributed by atoms with E-state index in [2.05, 4.69) is 9.88 Å². The van der Waals surface area contributed by atoms with Crippen molar-refractivity contribution in [1.82, 2.24) is 14.8 Å². The summed E-state index contributed by atoms with van der Waals surface area (Å²) in [6.07, 6.45) is 1.90. The average molecular weight is 432 g/mol. The Hall–Kier alpha value is -2.41. The molecular weight excluding hydrogens is 403 g/mol. The number of aromatic nitrogens is 1. The van der Waals surface area contributed by atoms with Gasteiger partial charge in [0.1, 0.15) is 0 Å². The van der Waals surface area contributed by atoms with Gasteiger partial charge in [-0.25, -0.2) is 0 Å². The van der Waals surface area contributed by atoms with E-state index in [1.807, 2.05) is 23.1 Å². The summed E-state index contributed by atoms with van der Waals surface area (Å²) in [7, 11) is 0. The number of piperidine rings is 1. The van der Waals surface area contributed by atoms with Crippen LogP contribution in [0.5, 0.6) is 0 Å². The Kier molecular flexibility index (Phi) is 6.60. The fourth-order valence-electron chi connectivity index (χ4n) is 4.29. The normalized spacial score (nSPS) is 18.2. The number of carbonyl (C=O) groups excluding carboxylic acids is 1. The minimum Gasteiger partial charge on any atom is -0.334 e. The van der Waals surface area contributed by atoms with Crippen molar-refractivity contribution in [3.05, 3.63) is 65.5 Å². The second-order valence-electron chi connectivity index (χ2n) is 8.70. The highest BCUT2D eigenvalue weighted by Crippen LogP contribution is 2.32. The lowest BCUT2D eigenvalue weighted by atomic mass is 9.92. The smallest absolute Gasteiger partial charge is 0.334 e. The van der Waals surface area contributed by atoms with Gasteiger partial charge in [-0.1, -0.05) is 24.3 Å². The first-order valence-corrected chi connectivity index (χ1v) is 11.0. The number of halogens is 3. The van der Waals surface area contributed by atoms with E-state index < -0.39 is 11.7 Å². The second kappa shape index (κ2) is 9.39. The zero-order valence-corrected chi connectivity index (χ0v) is 17.5. The van der Waals surface area contributed by atoms with Crippen LogP contribution in [0.25, 0.3) is 0 Å². The number of amides is 1. The number of carbonyl (C=O) groups is 1. The van der Waals surface area contributed by atoms with Gasteiger partial charge in [0.25, 0.3) is 0 Å². The van der Waals surface area contributed by atoms with Crippen molar-refractivity contribution in [2.45, 2.75) is 57.4 Å². The molecule has 166 valence electrons. The molecule has 1 aliphatic heterocycles. The van der Waals surface area contributed by atoms with Crippen LogP contribution < -0.4 is 0 Å². The highest BCUT2D eigenvalue weighted by molar-refractivity contribution is 5.77. The predicted molar refractivity (Wildman–Crippen MR) is 112 cm³/mol. The molecule has 0 spiro atoms. The van der Waals surface area contributed by atoms with Gasteiger partial charge in [0.2, 0.25) is 5.91 Å². The van der Waals surface area contributed by atoms with Crippen LogP contribution in [0.15, 0.2) is 48.7 Å². The van der Waals surface area contributed by atoms with E-state index in [9.17, 15) is 18.0 Å². The van der Waals surface area contributed by atoms with Gasteiger partial charge in [0.15, 0.2) is 0 Å². The molecule has 4 rings (SSSR count). The third kappa shape index (κ3) is 6.06. The highest BCUT2D eigenvalue weighted by Gasteiger charge is 2.34. The van der Waals surface area contributed by atoms with Crippen molar-refractivity contribution >= 4 is 5.91 Å². The molecule has 2 fully saturated rings. The molecule has 0 N–H and O–H groups in total. The number of likely N-dealkylation sites (tertiary alicyclic amines) is 1. The summed E-state index contributed by atoms with van der Waals surface area (Å²) >= 11 is 0. The third-order valence-electron chi connectivity index (χ3n) is 6.20. The number of alkyl halides is 3. The molecule has 0 atom stereocenters. The van der Waals surface area contributed by atoms with Crippen LogP contribution in [0, 0.1) is 5.92 Å². The van der Waals surface area contributed by atoms with Gasteiger partial charge < -0.3 is 4.90 Å². The van der Waals surface area contributed by atoms with Crippen LogP contribution in [0.4, 0.5) is 13.2 Å². The molecule has 31 heavy (non-hydrogen) atoms. The molecule has 1 aliphatic carbocycles. The second-order valence-corrected chi connectivity index (χ2v) is 8.70. The lowest BCUT2D eigenvalue weighted by molar-refractivity contribution is -0.137. The average Bonchev–Trinajstić information content (AvgIpc) is 3.59. The molecule has 7 heteroatoms. The zero-order chi connectivity index (χ0) is 21.8. The van der Waals surface area contributed by atoms with E-state index in [1.54, 1.807) is 12.3 Å². The van der Waals surface area contributed by atoms with E-state index >= 15 is 0 Å². The van der Waals surface area contributed by atoms with Crippen molar-refractivity contribution in [3.8, 4) is 0 Å². The molecule has 1 amide bonds. The van der Waals surface area contributed by atoms with Crippen molar-refractivity contribution in [2.24, 2.45) is 5.92 Å². The Balaban J connectivity index is 1.27. The molecule has 4 nitrogen and oxygen atoms in total. The van der Waals surface area contributed by atoms with Gasteiger partial charge in [-0.3, -0.25) is 14.7 Å². The lowest BCUT2D eigenvalue weighted by Gasteiger charge is -2.33. The first-order valence-electron chi connectivity index (χ1n) is 11.0. The molecular formula is C24H28F3N3O.